The van der Waals surface area contributed by atoms with Crippen molar-refractivity contribution >= 4 is 28.9 Å². The molecule has 0 aromatic heterocycles. The Morgan fingerprint density at radius 1 is 1.60 bits per heavy atom. The predicted octanol–water partition coefficient (Wildman–Crippen LogP) is 0.446. The normalized spacial score (nSPS) is 12.9. The van der Waals surface area contributed by atoms with Crippen molar-refractivity contribution in [3.63, 3.8) is 0 Å². The van der Waals surface area contributed by atoms with Crippen molar-refractivity contribution in [3.8, 4) is 5.75 Å². The van der Waals surface area contributed by atoms with Crippen molar-refractivity contribution < 1.29 is 24.4 Å². The van der Waals surface area contributed by atoms with Gasteiger partial charge in [0.1, 0.15) is 12.2 Å². The van der Waals surface area contributed by atoms with E-state index in [0.717, 1.165) is 0 Å². The second-order valence-corrected chi connectivity index (χ2v) is 4.18. The molecule has 1 heterocycles. The minimum Gasteiger partial charge on any atom is -0.481 e. The lowest BCUT2D eigenvalue weighted by molar-refractivity contribution is -0.384. The van der Waals surface area contributed by atoms with Crippen LogP contribution in [0.4, 0.5) is 17.1 Å². The number of anilines is 2. The molecule has 1 aromatic carbocycles. The molecule has 0 fully saturated rings. The molecule has 0 atom stereocenters. The van der Waals surface area contributed by atoms with Gasteiger partial charge in [0.05, 0.1) is 16.7 Å². The van der Waals surface area contributed by atoms with Crippen molar-refractivity contribution in [1.29, 1.82) is 0 Å². The van der Waals surface area contributed by atoms with Gasteiger partial charge in [0.25, 0.3) is 11.6 Å². The van der Waals surface area contributed by atoms with E-state index in [-0.39, 0.29) is 35.3 Å². The molecule has 0 spiro atoms. The molecular formula is C11H11N3O6. The topological polar surface area (TPSA) is 122 Å². The fourth-order valence-electron chi connectivity index (χ4n) is 1.84. The molecule has 1 aromatic rings. The highest BCUT2D eigenvalue weighted by molar-refractivity contribution is 5.97. The number of nitro benzene ring substituents is 1. The zero-order valence-corrected chi connectivity index (χ0v) is 10.5. The fraction of sp³-hybridized carbons (Fsp3) is 0.273. The van der Waals surface area contributed by atoms with Crippen molar-refractivity contribution in [2.75, 3.05) is 30.4 Å². The molecule has 9 heteroatoms. The number of carbonyl (C=O) groups excluding carboxylic acids is 1. The average molecular weight is 281 g/mol. The number of aliphatic carboxylic acids is 1. The van der Waals surface area contributed by atoms with Crippen LogP contribution in [0.3, 0.4) is 0 Å². The number of fused-ring (bicyclic) bond motifs is 1. The average Bonchev–Trinajstić information content (AvgIpc) is 2.36. The summed E-state index contributed by atoms with van der Waals surface area (Å²) in [6, 6.07) is 2.50. The minimum absolute atomic E-state index is 0.0851. The maximum atomic E-state index is 11.2. The molecule has 1 aliphatic rings. The van der Waals surface area contributed by atoms with Crippen LogP contribution in [0, 0.1) is 10.1 Å². The van der Waals surface area contributed by atoms with E-state index < -0.39 is 17.4 Å². The van der Waals surface area contributed by atoms with E-state index in [9.17, 15) is 19.7 Å². The van der Waals surface area contributed by atoms with Crippen LogP contribution < -0.4 is 15.0 Å². The number of amides is 1. The molecule has 2 rings (SSSR count). The summed E-state index contributed by atoms with van der Waals surface area (Å²) < 4.78 is 5.09. The van der Waals surface area contributed by atoms with Crippen LogP contribution >= 0.6 is 0 Å². The summed E-state index contributed by atoms with van der Waals surface area (Å²) in [4.78, 5) is 33.6. The molecule has 1 amide bonds. The maximum Gasteiger partial charge on any atom is 0.323 e. The smallest absolute Gasteiger partial charge is 0.323 e. The third-order valence-corrected chi connectivity index (χ3v) is 2.69. The summed E-state index contributed by atoms with van der Waals surface area (Å²) in [6.45, 7) is -0.622. The first kappa shape index (κ1) is 13.6. The highest BCUT2D eigenvalue weighted by Crippen LogP contribution is 2.39. The standard InChI is InChI=1S/C11H11N3O6/c1-13(4-11(16)17)7-2-6-9(3-8(7)14(18)19)20-5-10(15)12-6/h2-3H,4-5H2,1H3,(H,12,15)(H,16,17). The van der Waals surface area contributed by atoms with Crippen LogP contribution in [0.25, 0.3) is 0 Å². The van der Waals surface area contributed by atoms with Crippen molar-refractivity contribution in [1.82, 2.24) is 0 Å². The third-order valence-electron chi connectivity index (χ3n) is 2.69. The fourth-order valence-corrected chi connectivity index (χ4v) is 1.84. The van der Waals surface area contributed by atoms with Crippen molar-refractivity contribution in [3.05, 3.63) is 22.2 Å². The Bertz CT molecular complexity index is 600. The van der Waals surface area contributed by atoms with Gasteiger partial charge in [-0.05, 0) is 6.07 Å². The Hall–Kier alpha value is -2.84. The summed E-state index contributed by atoms with van der Waals surface area (Å²) >= 11 is 0. The Morgan fingerprint density at radius 3 is 2.90 bits per heavy atom. The van der Waals surface area contributed by atoms with Gasteiger partial charge in [-0.1, -0.05) is 0 Å². The largest absolute Gasteiger partial charge is 0.481 e. The lowest BCUT2D eigenvalue weighted by Crippen LogP contribution is -2.28. The molecule has 0 saturated heterocycles. The number of carbonyl (C=O) groups is 2. The maximum absolute atomic E-state index is 11.2. The highest BCUT2D eigenvalue weighted by atomic mass is 16.6. The number of rotatable bonds is 4. The molecule has 0 radical (unpaired) electrons. The van der Waals surface area contributed by atoms with E-state index in [2.05, 4.69) is 5.32 Å². The molecule has 106 valence electrons. The number of nitro groups is 1. The Balaban J connectivity index is 2.48. The van der Waals surface area contributed by atoms with Gasteiger partial charge in [-0.2, -0.15) is 0 Å². The Labute approximate surface area is 112 Å². The number of carboxylic acids is 1. The molecule has 0 aliphatic carbocycles. The lowest BCUT2D eigenvalue weighted by Gasteiger charge is -2.22. The van der Waals surface area contributed by atoms with Crippen LogP contribution in [0.1, 0.15) is 0 Å². The van der Waals surface area contributed by atoms with Gasteiger partial charge < -0.3 is 20.1 Å². The molecule has 1 aliphatic heterocycles. The third kappa shape index (κ3) is 2.60. The first-order valence-electron chi connectivity index (χ1n) is 5.56. The van der Waals surface area contributed by atoms with Gasteiger partial charge >= 0.3 is 5.97 Å². The monoisotopic (exact) mass is 281 g/mol. The van der Waals surface area contributed by atoms with Crippen LogP contribution in [-0.4, -0.2) is 42.1 Å². The van der Waals surface area contributed by atoms with Crippen molar-refractivity contribution in [2.45, 2.75) is 0 Å². The first-order chi connectivity index (χ1) is 9.38. The number of nitrogens with one attached hydrogen (secondary N) is 1. The Morgan fingerprint density at radius 2 is 2.30 bits per heavy atom. The van der Waals surface area contributed by atoms with Crippen LogP contribution in [0.15, 0.2) is 12.1 Å². The lowest BCUT2D eigenvalue weighted by atomic mass is 10.2. The molecule has 0 saturated carbocycles. The molecule has 0 bridgehead atoms. The van der Waals surface area contributed by atoms with Crippen LogP contribution in [0.2, 0.25) is 0 Å². The zero-order valence-electron chi connectivity index (χ0n) is 10.5. The SMILES string of the molecule is CN(CC(=O)O)c1cc2c(cc1[N+](=O)[O-])OCC(=O)N2. The summed E-state index contributed by atoms with van der Waals surface area (Å²) in [7, 11) is 1.41. The van der Waals surface area contributed by atoms with Crippen LogP contribution in [-0.2, 0) is 9.59 Å². The van der Waals surface area contributed by atoms with Gasteiger partial charge in [-0.15, -0.1) is 0 Å². The molecule has 9 nitrogen and oxygen atoms in total. The van der Waals surface area contributed by atoms with Crippen LogP contribution in [0.5, 0.6) is 5.75 Å². The summed E-state index contributed by atoms with van der Waals surface area (Å²) in [5.74, 6) is -1.32. The van der Waals surface area contributed by atoms with Gasteiger partial charge in [-0.3, -0.25) is 19.7 Å². The van der Waals surface area contributed by atoms with E-state index in [0.29, 0.717) is 0 Å². The second-order valence-electron chi connectivity index (χ2n) is 4.18. The summed E-state index contributed by atoms with van der Waals surface area (Å²) in [6.07, 6.45) is 0. The van der Waals surface area contributed by atoms with Gasteiger partial charge in [0, 0.05) is 7.05 Å². The zero-order chi connectivity index (χ0) is 14.9. The predicted molar refractivity (Wildman–Crippen MR) is 68.1 cm³/mol. The molecule has 0 unspecified atom stereocenters. The number of hydrogen-bond donors (Lipinski definition) is 2. The number of likely N-dealkylation sites (N-methyl/N-ethyl adjacent to an activating group) is 1. The molecular weight excluding hydrogens is 270 g/mol. The summed E-state index contributed by atoms with van der Waals surface area (Å²) in [5, 5.41) is 22.3. The minimum atomic E-state index is -1.13. The van der Waals surface area contributed by atoms with E-state index in [1.165, 1.54) is 24.1 Å². The van der Waals surface area contributed by atoms with E-state index in [1.807, 2.05) is 0 Å². The highest BCUT2D eigenvalue weighted by Gasteiger charge is 2.26. The van der Waals surface area contributed by atoms with Gasteiger partial charge in [0.2, 0.25) is 0 Å². The van der Waals surface area contributed by atoms with Gasteiger partial charge in [-0.25, -0.2) is 0 Å². The Kier molecular flexibility index (Phi) is 3.42. The quantitative estimate of drug-likeness (QED) is 0.606. The number of nitrogens with zero attached hydrogens (tertiary/aromatic N) is 2. The second kappa shape index (κ2) is 5.03. The number of ether oxygens (including phenoxy) is 1. The van der Waals surface area contributed by atoms with E-state index >= 15 is 0 Å². The number of hydrogen-bond acceptors (Lipinski definition) is 6. The van der Waals surface area contributed by atoms with Crippen molar-refractivity contribution in [2.24, 2.45) is 0 Å². The molecule has 20 heavy (non-hydrogen) atoms. The number of benzene rings is 1. The number of carboxylic acid groups (broad SMARTS) is 1. The van der Waals surface area contributed by atoms with E-state index in [1.54, 1.807) is 0 Å². The molecule has 2 N–H and O–H groups in total. The first-order valence-corrected chi connectivity index (χ1v) is 5.56. The van der Waals surface area contributed by atoms with E-state index in [4.69, 9.17) is 9.84 Å². The van der Waals surface area contributed by atoms with Gasteiger partial charge in [0.15, 0.2) is 12.4 Å². The summed E-state index contributed by atoms with van der Waals surface area (Å²) in [5.41, 5.74) is 0.0738.